The summed E-state index contributed by atoms with van der Waals surface area (Å²) in [6.45, 7) is 3.55. The maximum Gasteiger partial charge on any atom is 0.232 e. The zero-order chi connectivity index (χ0) is 6.08. The Labute approximate surface area is 56.6 Å². The van der Waals surface area contributed by atoms with Gasteiger partial charge in [0.2, 0.25) is 5.91 Å². The van der Waals surface area contributed by atoms with Crippen molar-refractivity contribution in [3.63, 3.8) is 0 Å². The molecule has 0 spiro atoms. The van der Waals surface area contributed by atoms with E-state index in [1.54, 1.807) is 13.8 Å². The number of carbonyl (C=O) groups excluding carboxylic acids is 1. The number of nitrogens with two attached hydrogens (primary N) is 1. The molecule has 0 aromatic carbocycles. The summed E-state index contributed by atoms with van der Waals surface area (Å²) in [7, 11) is 0. The number of carbonyl (C=O) groups is 1. The summed E-state index contributed by atoms with van der Waals surface area (Å²) in [5.74, 6) is -0.270. The Kier molecular flexibility index (Phi) is 2.04. The number of hydrogen-bond donors (Lipinski definition) is 1. The molecular weight excluding hydrogens is 205 g/mol. The predicted octanol–water partition coefficient (Wildman–Crippen LogP) is 0.685. The first-order chi connectivity index (χ1) is 2.94. The first kappa shape index (κ1) is 7.20. The van der Waals surface area contributed by atoms with Crippen molar-refractivity contribution in [2.24, 2.45) is 5.73 Å². The topological polar surface area (TPSA) is 43.1 Å². The second-order valence-electron chi connectivity index (χ2n) is 1.84. The van der Waals surface area contributed by atoms with E-state index in [1.165, 1.54) is 0 Å². The molecule has 0 heterocycles. The van der Waals surface area contributed by atoms with Gasteiger partial charge in [0.05, 0.1) is 3.42 Å². The standard InChI is InChI=1S/C4H8INO/c1-4(2,5)3(6)7/h1-2H3,(H2,6,7). The third-order valence-electron chi connectivity index (χ3n) is 0.586. The molecule has 0 aliphatic rings. The van der Waals surface area contributed by atoms with Gasteiger partial charge in [-0.3, -0.25) is 4.79 Å². The SMILES string of the molecule is CC(C)(I)C(N)=O. The van der Waals surface area contributed by atoms with E-state index in [0.29, 0.717) is 0 Å². The Hall–Kier alpha value is 0.200. The first-order valence-corrected chi connectivity index (χ1v) is 3.01. The van der Waals surface area contributed by atoms with Gasteiger partial charge in [0.1, 0.15) is 0 Å². The van der Waals surface area contributed by atoms with E-state index >= 15 is 0 Å². The van der Waals surface area contributed by atoms with E-state index in [0.717, 1.165) is 0 Å². The highest BCUT2D eigenvalue weighted by molar-refractivity contribution is 14.1. The van der Waals surface area contributed by atoms with Gasteiger partial charge in [-0.1, -0.05) is 22.6 Å². The van der Waals surface area contributed by atoms with Gasteiger partial charge in [-0.15, -0.1) is 0 Å². The van der Waals surface area contributed by atoms with Crippen LogP contribution in [-0.2, 0) is 4.79 Å². The molecule has 0 bridgehead atoms. The molecule has 2 N–H and O–H groups in total. The second-order valence-corrected chi connectivity index (χ2v) is 4.53. The molecular formula is C4H8INO. The first-order valence-electron chi connectivity index (χ1n) is 1.93. The minimum atomic E-state index is -0.391. The van der Waals surface area contributed by atoms with Crippen molar-refractivity contribution in [1.29, 1.82) is 0 Å². The predicted molar refractivity (Wildman–Crippen MR) is 37.3 cm³/mol. The van der Waals surface area contributed by atoms with Crippen molar-refractivity contribution in [3.8, 4) is 0 Å². The summed E-state index contributed by atoms with van der Waals surface area (Å²) >= 11 is 1.99. The number of alkyl halides is 1. The summed E-state index contributed by atoms with van der Waals surface area (Å²) in [6.07, 6.45) is 0. The normalized spacial score (nSPS) is 11.3. The third kappa shape index (κ3) is 2.85. The summed E-state index contributed by atoms with van der Waals surface area (Å²) in [4.78, 5) is 10.2. The van der Waals surface area contributed by atoms with E-state index in [1.807, 2.05) is 22.6 Å². The lowest BCUT2D eigenvalue weighted by Gasteiger charge is -2.08. The Morgan fingerprint density at radius 2 is 1.86 bits per heavy atom. The van der Waals surface area contributed by atoms with E-state index in [-0.39, 0.29) is 5.91 Å². The molecule has 0 saturated carbocycles. The maximum absolute atomic E-state index is 10.2. The molecule has 0 aromatic rings. The Morgan fingerprint density at radius 3 is 1.86 bits per heavy atom. The van der Waals surface area contributed by atoms with E-state index in [2.05, 4.69) is 0 Å². The Morgan fingerprint density at radius 1 is 1.71 bits per heavy atom. The summed E-state index contributed by atoms with van der Waals surface area (Å²) in [5.41, 5.74) is 4.92. The monoisotopic (exact) mass is 213 g/mol. The number of halogens is 1. The molecule has 0 rings (SSSR count). The van der Waals surface area contributed by atoms with Gasteiger partial charge < -0.3 is 5.73 Å². The van der Waals surface area contributed by atoms with Crippen LogP contribution in [0.15, 0.2) is 0 Å². The number of amides is 1. The van der Waals surface area contributed by atoms with E-state index in [4.69, 9.17) is 5.73 Å². The highest BCUT2D eigenvalue weighted by Gasteiger charge is 2.18. The molecule has 2 nitrogen and oxygen atoms in total. The van der Waals surface area contributed by atoms with Gasteiger partial charge in [0, 0.05) is 0 Å². The smallest absolute Gasteiger partial charge is 0.232 e. The van der Waals surface area contributed by atoms with Crippen LogP contribution in [0.1, 0.15) is 13.8 Å². The van der Waals surface area contributed by atoms with Crippen LogP contribution in [0.4, 0.5) is 0 Å². The van der Waals surface area contributed by atoms with Gasteiger partial charge in [-0.05, 0) is 13.8 Å². The van der Waals surface area contributed by atoms with Crippen molar-refractivity contribution in [1.82, 2.24) is 0 Å². The van der Waals surface area contributed by atoms with Crippen molar-refractivity contribution in [3.05, 3.63) is 0 Å². The summed E-state index contributed by atoms with van der Waals surface area (Å²) in [5, 5.41) is 0. The van der Waals surface area contributed by atoms with E-state index in [9.17, 15) is 4.79 Å². The van der Waals surface area contributed by atoms with Crippen LogP contribution in [0.5, 0.6) is 0 Å². The van der Waals surface area contributed by atoms with Crippen LogP contribution in [0.3, 0.4) is 0 Å². The lowest BCUT2D eigenvalue weighted by molar-refractivity contribution is -0.119. The lowest BCUT2D eigenvalue weighted by atomic mass is 10.2. The quantitative estimate of drug-likeness (QED) is 0.505. The average Bonchev–Trinajstić information content (AvgIpc) is 1.31. The highest BCUT2D eigenvalue weighted by Crippen LogP contribution is 2.14. The minimum absolute atomic E-state index is 0.270. The fourth-order valence-corrected chi connectivity index (χ4v) is 0. The van der Waals surface area contributed by atoms with Crippen LogP contribution in [0.25, 0.3) is 0 Å². The molecule has 0 aliphatic heterocycles. The molecule has 7 heavy (non-hydrogen) atoms. The zero-order valence-electron chi connectivity index (χ0n) is 4.36. The second kappa shape index (κ2) is 1.98. The molecule has 0 radical (unpaired) electrons. The molecule has 3 heteroatoms. The van der Waals surface area contributed by atoms with Crippen molar-refractivity contribution >= 4 is 28.5 Å². The molecule has 0 saturated heterocycles. The van der Waals surface area contributed by atoms with Crippen molar-refractivity contribution < 1.29 is 4.79 Å². The third-order valence-corrected chi connectivity index (χ3v) is 1.12. The van der Waals surface area contributed by atoms with Crippen molar-refractivity contribution in [2.75, 3.05) is 0 Å². The van der Waals surface area contributed by atoms with Crippen LogP contribution in [-0.4, -0.2) is 9.33 Å². The number of primary amides is 1. The molecule has 42 valence electrons. The fourth-order valence-electron chi connectivity index (χ4n) is 0. The van der Waals surface area contributed by atoms with Gasteiger partial charge in [-0.2, -0.15) is 0 Å². The van der Waals surface area contributed by atoms with Gasteiger partial charge in [0.15, 0.2) is 0 Å². The highest BCUT2D eigenvalue weighted by atomic mass is 127. The zero-order valence-corrected chi connectivity index (χ0v) is 6.52. The number of rotatable bonds is 1. The molecule has 0 atom stereocenters. The molecule has 1 amide bonds. The Balaban J connectivity index is 3.79. The molecule has 0 fully saturated rings. The lowest BCUT2D eigenvalue weighted by Crippen LogP contribution is -2.31. The molecule has 0 unspecified atom stereocenters. The van der Waals surface area contributed by atoms with Gasteiger partial charge >= 0.3 is 0 Å². The van der Waals surface area contributed by atoms with Crippen LogP contribution in [0.2, 0.25) is 0 Å². The number of hydrogen-bond acceptors (Lipinski definition) is 1. The van der Waals surface area contributed by atoms with Crippen LogP contribution in [0, 0.1) is 0 Å². The Bertz CT molecular complexity index is 84.2. The van der Waals surface area contributed by atoms with Gasteiger partial charge in [-0.25, -0.2) is 0 Å². The molecule has 0 aliphatic carbocycles. The molecule has 0 aromatic heterocycles. The summed E-state index contributed by atoms with van der Waals surface area (Å²) in [6, 6.07) is 0. The average molecular weight is 213 g/mol. The van der Waals surface area contributed by atoms with Gasteiger partial charge in [0.25, 0.3) is 0 Å². The van der Waals surface area contributed by atoms with Crippen LogP contribution >= 0.6 is 22.6 Å². The van der Waals surface area contributed by atoms with Crippen molar-refractivity contribution in [2.45, 2.75) is 17.3 Å². The summed E-state index contributed by atoms with van der Waals surface area (Å²) < 4.78 is -0.391. The minimum Gasteiger partial charge on any atom is -0.369 e. The fraction of sp³-hybridized carbons (Fsp3) is 0.750. The van der Waals surface area contributed by atoms with Crippen LogP contribution < -0.4 is 5.73 Å². The van der Waals surface area contributed by atoms with E-state index < -0.39 is 3.42 Å². The maximum atomic E-state index is 10.2. The largest absolute Gasteiger partial charge is 0.369 e.